The van der Waals surface area contributed by atoms with Gasteiger partial charge in [-0.25, -0.2) is 0 Å². The molecular formula is C11H13BrO3. The Morgan fingerprint density at radius 1 is 1.47 bits per heavy atom. The summed E-state index contributed by atoms with van der Waals surface area (Å²) < 4.78 is 11.0. The number of hydrogen-bond acceptors (Lipinski definition) is 3. The molecule has 0 fully saturated rings. The summed E-state index contributed by atoms with van der Waals surface area (Å²) in [6.07, 6.45) is 0.400. The maximum Gasteiger partial charge on any atom is 0.305 e. The van der Waals surface area contributed by atoms with Crippen LogP contribution in [0.15, 0.2) is 22.7 Å². The van der Waals surface area contributed by atoms with Gasteiger partial charge in [0.15, 0.2) is 0 Å². The van der Waals surface area contributed by atoms with Gasteiger partial charge in [-0.1, -0.05) is 13.0 Å². The first-order valence-corrected chi connectivity index (χ1v) is 5.44. The summed E-state index contributed by atoms with van der Waals surface area (Å²) in [6, 6.07) is 5.58. The average Bonchev–Trinajstić information content (AvgIpc) is 2.26. The van der Waals surface area contributed by atoms with Crippen LogP contribution in [0.5, 0.6) is 5.75 Å². The number of halogens is 1. The van der Waals surface area contributed by atoms with E-state index in [2.05, 4.69) is 15.9 Å². The van der Waals surface area contributed by atoms with Crippen LogP contribution in [-0.4, -0.2) is 13.1 Å². The van der Waals surface area contributed by atoms with E-state index in [1.165, 1.54) is 0 Å². The van der Waals surface area contributed by atoms with Crippen LogP contribution in [-0.2, 0) is 16.1 Å². The Balaban J connectivity index is 2.63. The highest BCUT2D eigenvalue weighted by Gasteiger charge is 2.03. The molecule has 0 bridgehead atoms. The lowest BCUT2D eigenvalue weighted by atomic mass is 10.2. The van der Waals surface area contributed by atoms with Gasteiger partial charge in [-0.05, 0) is 33.6 Å². The molecule has 15 heavy (non-hydrogen) atoms. The van der Waals surface area contributed by atoms with Crippen molar-refractivity contribution in [2.75, 3.05) is 7.11 Å². The third kappa shape index (κ3) is 3.55. The maximum absolute atomic E-state index is 10.9. The molecule has 1 rings (SSSR count). The predicted octanol–water partition coefficient (Wildman–Crippen LogP) is 2.91. The molecule has 0 aliphatic carbocycles. The highest BCUT2D eigenvalue weighted by Crippen LogP contribution is 2.25. The van der Waals surface area contributed by atoms with E-state index in [0.29, 0.717) is 13.0 Å². The minimum absolute atomic E-state index is 0.193. The average molecular weight is 273 g/mol. The minimum atomic E-state index is -0.193. The molecule has 0 aliphatic rings. The topological polar surface area (TPSA) is 35.5 Å². The first kappa shape index (κ1) is 12.0. The quantitative estimate of drug-likeness (QED) is 0.791. The van der Waals surface area contributed by atoms with E-state index in [1.807, 2.05) is 18.2 Å². The molecule has 0 saturated carbocycles. The molecule has 0 aromatic heterocycles. The fraction of sp³-hybridized carbons (Fsp3) is 0.364. The maximum atomic E-state index is 10.9. The molecule has 0 unspecified atom stereocenters. The van der Waals surface area contributed by atoms with Gasteiger partial charge in [0.1, 0.15) is 12.4 Å². The Hall–Kier alpha value is -1.03. The van der Waals surface area contributed by atoms with E-state index in [4.69, 9.17) is 9.47 Å². The second-order valence-corrected chi connectivity index (χ2v) is 3.84. The van der Waals surface area contributed by atoms with Crippen molar-refractivity contribution in [3.63, 3.8) is 0 Å². The van der Waals surface area contributed by atoms with Gasteiger partial charge in [0, 0.05) is 6.42 Å². The number of hydrogen-bond donors (Lipinski definition) is 0. The van der Waals surface area contributed by atoms with Crippen LogP contribution in [0.1, 0.15) is 18.9 Å². The molecule has 0 saturated heterocycles. The van der Waals surface area contributed by atoms with Crippen molar-refractivity contribution in [1.29, 1.82) is 0 Å². The smallest absolute Gasteiger partial charge is 0.305 e. The number of methoxy groups -OCH3 is 1. The normalized spacial score (nSPS) is 9.80. The van der Waals surface area contributed by atoms with Gasteiger partial charge in [-0.3, -0.25) is 4.79 Å². The fourth-order valence-corrected chi connectivity index (χ4v) is 1.65. The number of benzene rings is 1. The summed E-state index contributed by atoms with van der Waals surface area (Å²) in [5.74, 6) is 0.572. The Morgan fingerprint density at radius 2 is 2.20 bits per heavy atom. The zero-order valence-electron chi connectivity index (χ0n) is 8.75. The molecule has 0 spiro atoms. The molecule has 0 amide bonds. The van der Waals surface area contributed by atoms with Gasteiger partial charge in [-0.2, -0.15) is 0 Å². The zero-order chi connectivity index (χ0) is 11.3. The van der Waals surface area contributed by atoms with Crippen LogP contribution in [0.25, 0.3) is 0 Å². The molecule has 0 N–H and O–H groups in total. The van der Waals surface area contributed by atoms with E-state index in [0.717, 1.165) is 15.8 Å². The van der Waals surface area contributed by atoms with Crippen LogP contribution >= 0.6 is 15.9 Å². The summed E-state index contributed by atoms with van der Waals surface area (Å²) in [4.78, 5) is 10.9. The third-order valence-corrected chi connectivity index (χ3v) is 2.52. The van der Waals surface area contributed by atoms with Gasteiger partial charge in [0.2, 0.25) is 0 Å². The van der Waals surface area contributed by atoms with Crippen LogP contribution in [0.2, 0.25) is 0 Å². The molecule has 4 heteroatoms. The Morgan fingerprint density at radius 3 is 2.73 bits per heavy atom. The van der Waals surface area contributed by atoms with Crippen molar-refractivity contribution < 1.29 is 14.3 Å². The summed E-state index contributed by atoms with van der Waals surface area (Å²) in [6.45, 7) is 2.07. The van der Waals surface area contributed by atoms with Crippen molar-refractivity contribution in [2.24, 2.45) is 0 Å². The Bertz CT molecular complexity index is 350. The summed E-state index contributed by atoms with van der Waals surface area (Å²) in [5, 5.41) is 0. The monoisotopic (exact) mass is 272 g/mol. The first-order chi connectivity index (χ1) is 7.17. The standard InChI is InChI=1S/C11H13BrO3/c1-3-11(13)15-7-8-4-5-10(14-2)9(12)6-8/h4-6H,3,7H2,1-2H3. The molecule has 0 aliphatic heterocycles. The lowest BCUT2D eigenvalue weighted by Crippen LogP contribution is -2.02. The minimum Gasteiger partial charge on any atom is -0.496 e. The molecule has 1 aromatic rings. The van der Waals surface area contributed by atoms with E-state index in [9.17, 15) is 4.79 Å². The van der Waals surface area contributed by atoms with Gasteiger partial charge in [-0.15, -0.1) is 0 Å². The van der Waals surface area contributed by atoms with Gasteiger partial charge >= 0.3 is 5.97 Å². The second kappa shape index (κ2) is 5.75. The van der Waals surface area contributed by atoms with Gasteiger partial charge in [0.25, 0.3) is 0 Å². The SMILES string of the molecule is CCC(=O)OCc1ccc(OC)c(Br)c1. The highest BCUT2D eigenvalue weighted by molar-refractivity contribution is 9.10. The summed E-state index contributed by atoms with van der Waals surface area (Å²) in [5.41, 5.74) is 0.935. The van der Waals surface area contributed by atoms with Crippen molar-refractivity contribution in [3.05, 3.63) is 28.2 Å². The number of ether oxygens (including phenoxy) is 2. The van der Waals surface area contributed by atoms with E-state index < -0.39 is 0 Å². The molecule has 0 atom stereocenters. The van der Waals surface area contributed by atoms with Crippen molar-refractivity contribution in [3.8, 4) is 5.75 Å². The second-order valence-electron chi connectivity index (χ2n) is 2.98. The molecule has 0 heterocycles. The van der Waals surface area contributed by atoms with Gasteiger partial charge in [0.05, 0.1) is 11.6 Å². The Kier molecular flexibility index (Phi) is 4.62. The summed E-state index contributed by atoms with van der Waals surface area (Å²) >= 11 is 3.37. The number of rotatable bonds is 4. The van der Waals surface area contributed by atoms with Crippen molar-refractivity contribution in [2.45, 2.75) is 20.0 Å². The molecule has 1 aromatic carbocycles. The Labute approximate surface area is 97.5 Å². The molecule has 82 valence electrons. The predicted molar refractivity (Wildman–Crippen MR) is 60.8 cm³/mol. The van der Waals surface area contributed by atoms with Crippen molar-refractivity contribution >= 4 is 21.9 Å². The third-order valence-electron chi connectivity index (χ3n) is 1.90. The number of esters is 1. The zero-order valence-corrected chi connectivity index (χ0v) is 10.3. The largest absolute Gasteiger partial charge is 0.496 e. The lowest BCUT2D eigenvalue weighted by molar-refractivity contribution is -0.144. The van der Waals surface area contributed by atoms with Gasteiger partial charge < -0.3 is 9.47 Å². The lowest BCUT2D eigenvalue weighted by Gasteiger charge is -2.06. The number of carbonyl (C=O) groups excluding carboxylic acids is 1. The van der Waals surface area contributed by atoms with Crippen molar-refractivity contribution in [1.82, 2.24) is 0 Å². The molecule has 0 radical (unpaired) electrons. The van der Waals surface area contributed by atoms with E-state index >= 15 is 0 Å². The van der Waals surface area contributed by atoms with E-state index in [-0.39, 0.29) is 5.97 Å². The molecular weight excluding hydrogens is 260 g/mol. The van der Waals surface area contributed by atoms with E-state index in [1.54, 1.807) is 14.0 Å². The van der Waals surface area contributed by atoms with Crippen LogP contribution < -0.4 is 4.74 Å². The number of carbonyl (C=O) groups is 1. The highest BCUT2D eigenvalue weighted by atomic mass is 79.9. The van der Waals surface area contributed by atoms with Crippen LogP contribution in [0, 0.1) is 0 Å². The van der Waals surface area contributed by atoms with Crippen LogP contribution in [0.3, 0.4) is 0 Å². The fourth-order valence-electron chi connectivity index (χ4n) is 1.07. The first-order valence-electron chi connectivity index (χ1n) is 4.65. The summed E-state index contributed by atoms with van der Waals surface area (Å²) in [7, 11) is 1.61. The molecule has 3 nitrogen and oxygen atoms in total. The van der Waals surface area contributed by atoms with Crippen LogP contribution in [0.4, 0.5) is 0 Å².